The largest absolute Gasteiger partial charge is 0.353 e. The van der Waals surface area contributed by atoms with Gasteiger partial charge in [-0.15, -0.1) is 0 Å². The van der Waals surface area contributed by atoms with Gasteiger partial charge in [-0.2, -0.15) is 0 Å². The highest BCUT2D eigenvalue weighted by atomic mass is 32.2. The third kappa shape index (κ3) is 4.79. The second-order valence-corrected chi connectivity index (χ2v) is 8.34. The van der Waals surface area contributed by atoms with E-state index in [4.69, 9.17) is 0 Å². The molecule has 1 unspecified atom stereocenters. The fourth-order valence-electron chi connectivity index (χ4n) is 2.37. The fraction of sp³-hybridized carbons (Fsp3) is 0.389. The molecule has 23 heavy (non-hydrogen) atoms. The van der Waals surface area contributed by atoms with Crippen LogP contribution in [0.4, 0.5) is 0 Å². The average Bonchev–Trinajstić information content (AvgIpc) is 2.46. The van der Waals surface area contributed by atoms with Gasteiger partial charge in [0, 0.05) is 6.04 Å². The van der Waals surface area contributed by atoms with E-state index in [1.165, 1.54) is 0 Å². The first-order chi connectivity index (χ1) is 10.8. The minimum absolute atomic E-state index is 0.0461. The standard InChI is InChI=1S/C18H23NO3S/c1-13(2)14(3)19-18(20)12-23(21,22)11-16-9-6-8-15-7-4-5-10-17(15)16/h4-10,13-14H,11-12H2,1-3H3,(H,19,20). The van der Waals surface area contributed by atoms with E-state index in [1.807, 2.05) is 57.2 Å². The molecular weight excluding hydrogens is 310 g/mol. The maximum absolute atomic E-state index is 12.3. The third-order valence-electron chi connectivity index (χ3n) is 4.00. The molecule has 5 heteroatoms. The molecule has 0 heterocycles. The van der Waals surface area contributed by atoms with Crippen LogP contribution in [0.25, 0.3) is 10.8 Å². The number of amides is 1. The van der Waals surface area contributed by atoms with Gasteiger partial charge in [0.25, 0.3) is 0 Å². The Balaban J connectivity index is 2.13. The van der Waals surface area contributed by atoms with Crippen LogP contribution >= 0.6 is 0 Å². The van der Waals surface area contributed by atoms with Crippen LogP contribution in [-0.2, 0) is 20.4 Å². The lowest BCUT2D eigenvalue weighted by Crippen LogP contribution is -2.39. The first kappa shape index (κ1) is 17.5. The maximum atomic E-state index is 12.3. The Morgan fingerprint density at radius 1 is 1.04 bits per heavy atom. The van der Waals surface area contributed by atoms with Gasteiger partial charge in [0.15, 0.2) is 9.84 Å². The molecule has 0 aliphatic heterocycles. The lowest BCUT2D eigenvalue weighted by Gasteiger charge is -2.17. The molecule has 2 aromatic rings. The number of sulfone groups is 1. The van der Waals surface area contributed by atoms with Gasteiger partial charge < -0.3 is 5.32 Å². The number of carbonyl (C=O) groups excluding carboxylic acids is 1. The minimum atomic E-state index is -3.51. The first-order valence-corrected chi connectivity index (χ1v) is 9.57. The second-order valence-electron chi connectivity index (χ2n) is 6.27. The van der Waals surface area contributed by atoms with Gasteiger partial charge in [-0.1, -0.05) is 56.3 Å². The van der Waals surface area contributed by atoms with Crippen molar-refractivity contribution < 1.29 is 13.2 Å². The molecule has 0 saturated carbocycles. The summed E-state index contributed by atoms with van der Waals surface area (Å²) in [4.78, 5) is 11.9. The van der Waals surface area contributed by atoms with E-state index in [9.17, 15) is 13.2 Å². The van der Waals surface area contributed by atoms with E-state index in [1.54, 1.807) is 6.07 Å². The third-order valence-corrected chi connectivity index (χ3v) is 5.45. The number of fused-ring (bicyclic) bond motifs is 1. The van der Waals surface area contributed by atoms with Crippen molar-refractivity contribution in [3.8, 4) is 0 Å². The predicted octanol–water partition coefficient (Wildman–Crippen LogP) is 2.92. The van der Waals surface area contributed by atoms with Crippen molar-refractivity contribution in [3.05, 3.63) is 48.0 Å². The van der Waals surface area contributed by atoms with E-state index in [2.05, 4.69) is 5.32 Å². The van der Waals surface area contributed by atoms with Crippen molar-refractivity contribution >= 4 is 26.5 Å². The van der Waals surface area contributed by atoms with E-state index in [0.717, 1.165) is 16.3 Å². The number of hydrogen-bond donors (Lipinski definition) is 1. The van der Waals surface area contributed by atoms with Crippen molar-refractivity contribution in [1.29, 1.82) is 0 Å². The number of rotatable bonds is 6. The Kier molecular flexibility index (Phi) is 5.42. The lowest BCUT2D eigenvalue weighted by molar-refractivity contribution is -0.119. The summed E-state index contributed by atoms with van der Waals surface area (Å²) in [6, 6.07) is 13.2. The Hall–Kier alpha value is -1.88. The molecule has 0 spiro atoms. The zero-order chi connectivity index (χ0) is 17.0. The second kappa shape index (κ2) is 7.13. The summed E-state index contributed by atoms with van der Waals surface area (Å²) >= 11 is 0. The van der Waals surface area contributed by atoms with Crippen molar-refractivity contribution in [2.45, 2.75) is 32.6 Å². The number of carbonyl (C=O) groups is 1. The van der Waals surface area contributed by atoms with Crippen LogP contribution in [0.1, 0.15) is 26.3 Å². The molecule has 0 aliphatic carbocycles. The molecule has 0 fully saturated rings. The van der Waals surface area contributed by atoms with Gasteiger partial charge in [0.1, 0.15) is 5.75 Å². The molecule has 0 aliphatic rings. The predicted molar refractivity (Wildman–Crippen MR) is 93.9 cm³/mol. The van der Waals surface area contributed by atoms with Gasteiger partial charge >= 0.3 is 0 Å². The van der Waals surface area contributed by atoms with Crippen LogP contribution < -0.4 is 5.32 Å². The monoisotopic (exact) mass is 333 g/mol. The topological polar surface area (TPSA) is 63.2 Å². The maximum Gasteiger partial charge on any atom is 0.235 e. The molecule has 0 aromatic heterocycles. The molecule has 4 nitrogen and oxygen atoms in total. The summed E-state index contributed by atoms with van der Waals surface area (Å²) in [6.07, 6.45) is 0. The van der Waals surface area contributed by atoms with E-state index in [-0.39, 0.29) is 17.7 Å². The Labute approximate surface area is 137 Å². The highest BCUT2D eigenvalue weighted by Crippen LogP contribution is 2.20. The van der Waals surface area contributed by atoms with Gasteiger partial charge in [0.2, 0.25) is 5.91 Å². The lowest BCUT2D eigenvalue weighted by atomic mass is 10.1. The van der Waals surface area contributed by atoms with Gasteiger partial charge in [0.05, 0.1) is 5.75 Å². The normalized spacial score (nSPS) is 13.2. The van der Waals surface area contributed by atoms with Gasteiger partial charge in [-0.05, 0) is 29.2 Å². The number of hydrogen-bond acceptors (Lipinski definition) is 3. The Morgan fingerprint density at radius 2 is 1.70 bits per heavy atom. The number of nitrogens with one attached hydrogen (secondary N) is 1. The smallest absolute Gasteiger partial charge is 0.235 e. The van der Waals surface area contributed by atoms with Crippen LogP contribution in [0.5, 0.6) is 0 Å². The summed E-state index contributed by atoms with van der Waals surface area (Å²) in [5.41, 5.74) is 0.729. The molecule has 1 N–H and O–H groups in total. The summed E-state index contributed by atoms with van der Waals surface area (Å²) in [7, 11) is -3.51. The quantitative estimate of drug-likeness (QED) is 0.884. The van der Waals surface area contributed by atoms with Crippen molar-refractivity contribution in [2.24, 2.45) is 5.92 Å². The van der Waals surface area contributed by atoms with Gasteiger partial charge in [-0.25, -0.2) is 8.42 Å². The molecular formula is C18H23NO3S. The molecule has 0 saturated heterocycles. The van der Waals surface area contributed by atoms with Crippen molar-refractivity contribution in [1.82, 2.24) is 5.32 Å². The summed E-state index contributed by atoms with van der Waals surface area (Å²) in [6.45, 7) is 5.84. The molecule has 1 atom stereocenters. The summed E-state index contributed by atoms with van der Waals surface area (Å²) in [5, 5.41) is 4.65. The van der Waals surface area contributed by atoms with Crippen LogP contribution in [0.15, 0.2) is 42.5 Å². The highest BCUT2D eigenvalue weighted by Gasteiger charge is 2.20. The van der Waals surface area contributed by atoms with Crippen molar-refractivity contribution in [3.63, 3.8) is 0 Å². The Bertz CT molecular complexity index is 792. The van der Waals surface area contributed by atoms with E-state index >= 15 is 0 Å². The Morgan fingerprint density at radius 3 is 2.39 bits per heavy atom. The van der Waals surface area contributed by atoms with E-state index in [0.29, 0.717) is 0 Å². The van der Waals surface area contributed by atoms with Crippen molar-refractivity contribution in [2.75, 3.05) is 5.75 Å². The molecule has 0 bridgehead atoms. The van der Waals surface area contributed by atoms with Crippen LogP contribution in [0.3, 0.4) is 0 Å². The zero-order valence-electron chi connectivity index (χ0n) is 13.7. The minimum Gasteiger partial charge on any atom is -0.353 e. The average molecular weight is 333 g/mol. The number of benzene rings is 2. The summed E-state index contributed by atoms with van der Waals surface area (Å²) < 4.78 is 24.7. The molecule has 2 aromatic carbocycles. The molecule has 124 valence electrons. The van der Waals surface area contributed by atoms with Crippen LogP contribution in [0.2, 0.25) is 0 Å². The van der Waals surface area contributed by atoms with Crippen LogP contribution in [0, 0.1) is 5.92 Å². The van der Waals surface area contributed by atoms with Crippen LogP contribution in [-0.4, -0.2) is 26.1 Å². The SMILES string of the molecule is CC(C)C(C)NC(=O)CS(=O)(=O)Cc1cccc2ccccc12. The van der Waals surface area contributed by atoms with E-state index < -0.39 is 21.5 Å². The summed E-state index contributed by atoms with van der Waals surface area (Å²) in [5.74, 6) is -0.781. The zero-order valence-corrected chi connectivity index (χ0v) is 14.6. The fourth-order valence-corrected chi connectivity index (χ4v) is 3.68. The molecule has 1 amide bonds. The highest BCUT2D eigenvalue weighted by molar-refractivity contribution is 7.91. The van der Waals surface area contributed by atoms with Gasteiger partial charge in [-0.3, -0.25) is 4.79 Å². The first-order valence-electron chi connectivity index (χ1n) is 7.75. The molecule has 2 rings (SSSR count). The molecule has 0 radical (unpaired) electrons.